The Bertz CT molecular complexity index is 476. The van der Waals surface area contributed by atoms with Crippen LogP contribution in [0.5, 0.6) is 0 Å². The van der Waals surface area contributed by atoms with Gasteiger partial charge in [-0.3, -0.25) is 0 Å². The van der Waals surface area contributed by atoms with E-state index >= 15 is 0 Å². The zero-order valence-electron chi connectivity index (χ0n) is 9.65. The van der Waals surface area contributed by atoms with Gasteiger partial charge in [0.05, 0.1) is 5.02 Å². The van der Waals surface area contributed by atoms with Gasteiger partial charge in [-0.2, -0.15) is 0 Å². The molecule has 0 aliphatic rings. The quantitative estimate of drug-likeness (QED) is 0.623. The summed E-state index contributed by atoms with van der Waals surface area (Å²) in [6, 6.07) is 6.37. The van der Waals surface area contributed by atoms with Crippen LogP contribution < -0.4 is 4.72 Å². The number of rotatable bonds is 5. The lowest BCUT2D eigenvalue weighted by atomic mass is 10.1. The maximum Gasteiger partial charge on any atom is 0.242 e. The summed E-state index contributed by atoms with van der Waals surface area (Å²) in [6.07, 6.45) is 0. The molecule has 0 saturated heterocycles. The van der Waals surface area contributed by atoms with Crippen LogP contribution in [-0.2, 0) is 10.0 Å². The van der Waals surface area contributed by atoms with E-state index in [4.69, 9.17) is 11.6 Å². The molecule has 1 aromatic rings. The Kier molecular flexibility index (Phi) is 5.69. The van der Waals surface area contributed by atoms with Gasteiger partial charge >= 0.3 is 0 Å². The minimum atomic E-state index is -3.53. The second kappa shape index (κ2) is 6.36. The summed E-state index contributed by atoms with van der Waals surface area (Å²) in [6.45, 7) is 3.97. The van der Waals surface area contributed by atoms with Crippen LogP contribution in [-0.4, -0.2) is 18.9 Å². The number of nitrogens with one attached hydrogen (secondary N) is 1. The third kappa shape index (κ3) is 4.08. The summed E-state index contributed by atoms with van der Waals surface area (Å²) in [4.78, 5) is 0.136. The first-order valence-corrected chi connectivity index (χ1v) is 8.60. The molecule has 0 saturated carbocycles. The summed E-state index contributed by atoms with van der Waals surface area (Å²) in [5.74, 6) is 0.240. The van der Waals surface area contributed by atoms with E-state index in [-0.39, 0.29) is 21.9 Å². The van der Waals surface area contributed by atoms with E-state index in [1.54, 1.807) is 18.2 Å². The summed E-state index contributed by atoms with van der Waals surface area (Å²) < 4.78 is 27.7. The maximum absolute atomic E-state index is 12.1. The minimum Gasteiger partial charge on any atom is -0.207 e. The molecule has 0 aliphatic carbocycles. The predicted molar refractivity (Wildman–Crippen MR) is 79.3 cm³/mol. The van der Waals surface area contributed by atoms with Crippen LogP contribution in [0.2, 0.25) is 5.02 Å². The summed E-state index contributed by atoms with van der Waals surface area (Å²) in [7, 11) is -3.53. The van der Waals surface area contributed by atoms with Crippen molar-refractivity contribution in [3.05, 3.63) is 29.3 Å². The van der Waals surface area contributed by atoms with Gasteiger partial charge < -0.3 is 0 Å². The first kappa shape index (κ1) is 15.2. The summed E-state index contributed by atoms with van der Waals surface area (Å²) in [5.41, 5.74) is 0. The lowest BCUT2D eigenvalue weighted by molar-refractivity contribution is 0.486. The van der Waals surface area contributed by atoms with Gasteiger partial charge in [-0.15, -0.1) is 0 Å². The van der Waals surface area contributed by atoms with Crippen LogP contribution >= 0.6 is 34.2 Å². The van der Waals surface area contributed by atoms with Crippen LogP contribution in [0.15, 0.2) is 29.2 Å². The lowest BCUT2D eigenvalue weighted by Gasteiger charge is -2.20. The van der Waals surface area contributed by atoms with Gasteiger partial charge in [0.2, 0.25) is 10.0 Å². The zero-order chi connectivity index (χ0) is 13.1. The first-order valence-electron chi connectivity index (χ1n) is 5.21. The van der Waals surface area contributed by atoms with Crippen molar-refractivity contribution in [2.75, 3.05) is 4.43 Å². The number of halogens is 2. The summed E-state index contributed by atoms with van der Waals surface area (Å²) >= 11 is 8.07. The third-order valence-electron chi connectivity index (χ3n) is 2.40. The SMILES string of the molecule is CC(C)C(CI)NS(=O)(=O)c1ccccc1Cl. The number of alkyl halides is 1. The van der Waals surface area contributed by atoms with Crippen molar-refractivity contribution >= 4 is 44.2 Å². The van der Waals surface area contributed by atoms with Gasteiger partial charge in [-0.25, -0.2) is 13.1 Å². The fourth-order valence-corrected chi connectivity index (χ4v) is 4.71. The Hall–Kier alpha value is 0.150. The van der Waals surface area contributed by atoms with Crippen molar-refractivity contribution in [2.45, 2.75) is 24.8 Å². The lowest BCUT2D eigenvalue weighted by Crippen LogP contribution is -2.39. The number of hydrogen-bond acceptors (Lipinski definition) is 2. The Labute approximate surface area is 121 Å². The highest BCUT2D eigenvalue weighted by Gasteiger charge is 2.23. The van der Waals surface area contributed by atoms with Crippen molar-refractivity contribution in [2.24, 2.45) is 5.92 Å². The topological polar surface area (TPSA) is 46.2 Å². The Morgan fingerprint density at radius 1 is 1.35 bits per heavy atom. The van der Waals surface area contributed by atoms with Crippen LogP contribution in [0.25, 0.3) is 0 Å². The van der Waals surface area contributed by atoms with E-state index in [2.05, 4.69) is 27.3 Å². The molecule has 0 spiro atoms. The fraction of sp³-hybridized carbons (Fsp3) is 0.455. The third-order valence-corrected chi connectivity index (χ3v) is 5.34. The van der Waals surface area contributed by atoms with Crippen molar-refractivity contribution in [1.82, 2.24) is 4.72 Å². The van der Waals surface area contributed by atoms with Crippen molar-refractivity contribution < 1.29 is 8.42 Å². The molecule has 0 radical (unpaired) electrons. The maximum atomic E-state index is 12.1. The number of sulfonamides is 1. The van der Waals surface area contributed by atoms with Crippen molar-refractivity contribution in [3.63, 3.8) is 0 Å². The molecule has 1 N–H and O–H groups in total. The monoisotopic (exact) mass is 387 g/mol. The molecule has 3 nitrogen and oxygen atoms in total. The highest BCUT2D eigenvalue weighted by Crippen LogP contribution is 2.21. The Morgan fingerprint density at radius 2 is 1.94 bits per heavy atom. The Morgan fingerprint density at radius 3 is 2.41 bits per heavy atom. The number of benzene rings is 1. The molecule has 96 valence electrons. The van der Waals surface area contributed by atoms with E-state index in [1.165, 1.54) is 6.07 Å². The molecule has 6 heteroatoms. The van der Waals surface area contributed by atoms with E-state index in [1.807, 2.05) is 13.8 Å². The van der Waals surface area contributed by atoms with Gasteiger partial charge in [-0.1, -0.05) is 60.2 Å². The molecule has 17 heavy (non-hydrogen) atoms. The van der Waals surface area contributed by atoms with Crippen molar-refractivity contribution in [3.8, 4) is 0 Å². The van der Waals surface area contributed by atoms with Crippen molar-refractivity contribution in [1.29, 1.82) is 0 Å². The molecule has 0 fully saturated rings. The molecular weight excluding hydrogens is 373 g/mol. The molecule has 0 aromatic heterocycles. The standard InChI is InChI=1S/C11H15ClINO2S/c1-8(2)10(7-13)14-17(15,16)11-6-4-3-5-9(11)12/h3-6,8,10,14H,7H2,1-2H3. The smallest absolute Gasteiger partial charge is 0.207 e. The molecule has 1 unspecified atom stereocenters. The first-order chi connectivity index (χ1) is 7.88. The van der Waals surface area contributed by atoms with Crippen LogP contribution in [0.1, 0.15) is 13.8 Å². The molecule has 0 bridgehead atoms. The van der Waals surface area contributed by atoms with E-state index in [0.717, 1.165) is 4.43 Å². The van der Waals surface area contributed by atoms with Gasteiger partial charge in [0.25, 0.3) is 0 Å². The molecule has 0 amide bonds. The predicted octanol–water partition coefficient (Wildman–Crippen LogP) is 3.08. The Balaban J connectivity index is 3.01. The molecule has 1 aromatic carbocycles. The molecule has 0 aliphatic heterocycles. The molecule has 0 heterocycles. The normalized spacial score (nSPS) is 13.9. The molecule has 1 rings (SSSR count). The second-order valence-corrected chi connectivity index (χ2v) is 7.03. The second-order valence-electron chi connectivity index (χ2n) is 4.06. The number of hydrogen-bond donors (Lipinski definition) is 1. The van der Waals surface area contributed by atoms with Gasteiger partial charge in [0, 0.05) is 10.5 Å². The van der Waals surface area contributed by atoms with Crippen LogP contribution in [0, 0.1) is 5.92 Å². The average Bonchev–Trinajstić information content (AvgIpc) is 2.26. The fourth-order valence-electron chi connectivity index (χ4n) is 1.27. The van der Waals surface area contributed by atoms with E-state index in [0.29, 0.717) is 0 Å². The molecule has 1 atom stereocenters. The molecular formula is C11H15ClINO2S. The highest BCUT2D eigenvalue weighted by atomic mass is 127. The minimum absolute atomic E-state index is 0.0862. The highest BCUT2D eigenvalue weighted by molar-refractivity contribution is 14.1. The average molecular weight is 388 g/mol. The van der Waals surface area contributed by atoms with E-state index in [9.17, 15) is 8.42 Å². The van der Waals surface area contributed by atoms with Crippen LogP contribution in [0.4, 0.5) is 0 Å². The summed E-state index contributed by atoms with van der Waals surface area (Å²) in [5, 5.41) is 0.246. The largest absolute Gasteiger partial charge is 0.242 e. The van der Waals surface area contributed by atoms with Gasteiger partial charge in [0.15, 0.2) is 0 Å². The van der Waals surface area contributed by atoms with Gasteiger partial charge in [-0.05, 0) is 18.1 Å². The van der Waals surface area contributed by atoms with Gasteiger partial charge in [0.1, 0.15) is 4.90 Å². The van der Waals surface area contributed by atoms with Crippen LogP contribution in [0.3, 0.4) is 0 Å². The van der Waals surface area contributed by atoms with E-state index < -0.39 is 10.0 Å². The zero-order valence-corrected chi connectivity index (χ0v) is 13.4.